The van der Waals surface area contributed by atoms with Gasteiger partial charge in [0.25, 0.3) is 17.4 Å². The topological polar surface area (TPSA) is 104 Å². The maximum absolute atomic E-state index is 13.8. The number of imide groups is 1. The number of halogens is 1. The number of carbonyl (C=O) groups is 3. The van der Waals surface area contributed by atoms with Crippen LogP contribution < -0.4 is 15.6 Å². The summed E-state index contributed by atoms with van der Waals surface area (Å²) in [6.07, 6.45) is 0. The van der Waals surface area contributed by atoms with Gasteiger partial charge in [0, 0.05) is 22.6 Å². The molecule has 0 saturated carbocycles. The van der Waals surface area contributed by atoms with Crippen LogP contribution in [0.1, 0.15) is 36.8 Å². The molecule has 0 radical (unpaired) electrons. The number of para-hydroxylation sites is 1. The van der Waals surface area contributed by atoms with E-state index in [1.54, 1.807) is 62.5 Å². The monoisotopic (exact) mass is 532 g/mol. The lowest BCUT2D eigenvalue weighted by molar-refractivity contribution is -0.255. The lowest BCUT2D eigenvalue weighted by atomic mass is 10.0. The molecule has 1 aromatic heterocycles. The summed E-state index contributed by atoms with van der Waals surface area (Å²) in [5, 5.41) is 11.7. The predicted octanol–water partition coefficient (Wildman–Crippen LogP) is 3.10. The number of amides is 2. The van der Waals surface area contributed by atoms with E-state index >= 15 is 0 Å². The van der Waals surface area contributed by atoms with Gasteiger partial charge >= 0.3 is 0 Å². The second-order valence-corrected chi connectivity index (χ2v) is 8.52. The number of benzene rings is 3. The van der Waals surface area contributed by atoms with E-state index in [2.05, 4.69) is 15.9 Å². The minimum Gasteiger partial charge on any atom is -0.545 e. The molecule has 0 atom stereocenters. The predicted molar refractivity (Wildman–Crippen MR) is 132 cm³/mol. The fourth-order valence-corrected chi connectivity index (χ4v) is 4.28. The lowest BCUT2D eigenvalue weighted by Crippen LogP contribution is -2.41. The van der Waals surface area contributed by atoms with Crippen LogP contribution in [0.3, 0.4) is 0 Å². The Bertz CT molecular complexity index is 1520. The Labute approximate surface area is 208 Å². The zero-order chi connectivity index (χ0) is 25.3. The molecule has 4 rings (SSSR count). The Morgan fingerprint density at radius 3 is 1.91 bits per heavy atom. The largest absolute Gasteiger partial charge is 0.545 e. The van der Waals surface area contributed by atoms with Crippen LogP contribution in [-0.4, -0.2) is 27.1 Å². The number of rotatable bonds is 5. The van der Waals surface area contributed by atoms with Gasteiger partial charge < -0.3 is 9.90 Å². The summed E-state index contributed by atoms with van der Waals surface area (Å²) >= 11 is 3.32. The second kappa shape index (κ2) is 9.55. The molecule has 0 spiro atoms. The molecular weight excluding hydrogens is 514 g/mol. The molecule has 0 fully saturated rings. The summed E-state index contributed by atoms with van der Waals surface area (Å²) in [5.74, 6) is -3.33. The summed E-state index contributed by atoms with van der Waals surface area (Å²) in [7, 11) is 1.63. The standard InChI is InChI=1S/C26H20BrN3O5/c1-16-22(25(33)30(28(16)2)17-10-4-3-5-11-17)29(24(32)20-14-8-9-15-21(20)27)23(31)18-12-6-7-13-19(18)26(34)35/h3-15H,1-2H3,(H,34,35)/p-1. The van der Waals surface area contributed by atoms with Gasteiger partial charge in [-0.2, -0.15) is 0 Å². The smallest absolute Gasteiger partial charge is 0.296 e. The molecule has 4 aromatic rings. The van der Waals surface area contributed by atoms with Crippen LogP contribution >= 0.6 is 15.9 Å². The zero-order valence-corrected chi connectivity index (χ0v) is 20.4. The van der Waals surface area contributed by atoms with Crippen molar-refractivity contribution in [1.82, 2.24) is 9.36 Å². The van der Waals surface area contributed by atoms with E-state index in [1.807, 2.05) is 0 Å². The first-order valence-corrected chi connectivity index (χ1v) is 11.3. The van der Waals surface area contributed by atoms with Crippen LogP contribution in [0.5, 0.6) is 0 Å². The number of nitrogens with zero attached hydrogens (tertiary/aromatic N) is 3. The molecular formula is C26H19BrN3O5-. The minimum atomic E-state index is -1.58. The van der Waals surface area contributed by atoms with Crippen molar-refractivity contribution in [2.24, 2.45) is 7.05 Å². The zero-order valence-electron chi connectivity index (χ0n) is 18.8. The number of hydrogen-bond donors (Lipinski definition) is 0. The number of hydrogen-bond acceptors (Lipinski definition) is 5. The van der Waals surface area contributed by atoms with Crippen LogP contribution in [0.4, 0.5) is 5.69 Å². The van der Waals surface area contributed by atoms with E-state index < -0.39 is 23.3 Å². The van der Waals surface area contributed by atoms with Gasteiger partial charge in [0.2, 0.25) is 0 Å². The molecule has 3 aromatic carbocycles. The summed E-state index contributed by atoms with van der Waals surface area (Å²) in [5.41, 5.74) is -0.475. The van der Waals surface area contributed by atoms with Crippen molar-refractivity contribution in [3.8, 4) is 5.69 Å². The average Bonchev–Trinajstić information content (AvgIpc) is 3.08. The second-order valence-electron chi connectivity index (χ2n) is 7.67. The van der Waals surface area contributed by atoms with Crippen LogP contribution in [0.2, 0.25) is 0 Å². The van der Waals surface area contributed by atoms with Crippen LogP contribution in [0.15, 0.2) is 88.1 Å². The highest BCUT2D eigenvalue weighted by atomic mass is 79.9. The van der Waals surface area contributed by atoms with Gasteiger partial charge in [-0.3, -0.25) is 19.1 Å². The summed E-state index contributed by atoms with van der Waals surface area (Å²) < 4.78 is 3.28. The fraction of sp³-hybridized carbons (Fsp3) is 0.0769. The van der Waals surface area contributed by atoms with E-state index in [-0.39, 0.29) is 22.4 Å². The Kier molecular flexibility index (Phi) is 6.52. The Hall–Kier alpha value is -4.24. The number of carboxylic acids is 1. The molecule has 0 aliphatic carbocycles. The molecule has 9 heteroatoms. The normalized spacial score (nSPS) is 10.7. The van der Waals surface area contributed by atoms with Gasteiger partial charge in [-0.25, -0.2) is 9.58 Å². The number of aromatic nitrogens is 2. The lowest BCUT2D eigenvalue weighted by Gasteiger charge is -2.22. The summed E-state index contributed by atoms with van der Waals surface area (Å²) in [6, 6.07) is 20.6. The number of carboxylic acid groups (broad SMARTS) is 1. The third-order valence-corrected chi connectivity index (χ3v) is 6.33. The maximum Gasteiger partial charge on any atom is 0.296 e. The fourth-order valence-electron chi connectivity index (χ4n) is 3.83. The maximum atomic E-state index is 13.8. The van der Waals surface area contributed by atoms with Crippen molar-refractivity contribution in [2.75, 3.05) is 4.90 Å². The number of anilines is 1. The molecule has 0 saturated heterocycles. The molecule has 35 heavy (non-hydrogen) atoms. The van der Waals surface area contributed by atoms with E-state index in [0.717, 1.165) is 4.90 Å². The summed E-state index contributed by atoms with van der Waals surface area (Å²) in [4.78, 5) is 53.7. The van der Waals surface area contributed by atoms with Crippen molar-refractivity contribution >= 4 is 39.4 Å². The highest BCUT2D eigenvalue weighted by molar-refractivity contribution is 9.10. The molecule has 8 nitrogen and oxygen atoms in total. The van der Waals surface area contributed by atoms with Gasteiger partial charge in [-0.05, 0) is 53.2 Å². The molecule has 2 amide bonds. The molecule has 0 unspecified atom stereocenters. The van der Waals surface area contributed by atoms with Crippen molar-refractivity contribution in [1.29, 1.82) is 0 Å². The van der Waals surface area contributed by atoms with Crippen LogP contribution in [-0.2, 0) is 7.05 Å². The van der Waals surface area contributed by atoms with Crippen LogP contribution in [0, 0.1) is 6.92 Å². The quantitative estimate of drug-likeness (QED) is 0.367. The number of carbonyl (C=O) groups excluding carboxylic acids is 3. The van der Waals surface area contributed by atoms with Crippen molar-refractivity contribution in [3.63, 3.8) is 0 Å². The highest BCUT2D eigenvalue weighted by Gasteiger charge is 2.34. The van der Waals surface area contributed by atoms with Gasteiger partial charge in [-0.1, -0.05) is 48.5 Å². The Morgan fingerprint density at radius 2 is 1.31 bits per heavy atom. The third-order valence-electron chi connectivity index (χ3n) is 5.64. The third kappa shape index (κ3) is 4.22. The Balaban J connectivity index is 2.00. The van der Waals surface area contributed by atoms with E-state index in [1.165, 1.54) is 39.7 Å². The molecule has 0 aliphatic heterocycles. The van der Waals surface area contributed by atoms with E-state index in [0.29, 0.717) is 15.9 Å². The minimum absolute atomic E-state index is 0.126. The molecule has 0 bridgehead atoms. The molecule has 176 valence electrons. The average molecular weight is 533 g/mol. The molecule has 0 N–H and O–H groups in total. The SMILES string of the molecule is Cc1c(N(C(=O)c2ccccc2Br)C(=O)c2ccccc2C(=O)[O-])c(=O)n(-c2ccccc2)n1C. The van der Waals surface area contributed by atoms with Crippen LogP contribution in [0.25, 0.3) is 5.69 Å². The van der Waals surface area contributed by atoms with Crippen molar-refractivity contribution in [3.05, 3.63) is 116 Å². The van der Waals surface area contributed by atoms with Gasteiger partial charge in [0.15, 0.2) is 0 Å². The molecule has 1 heterocycles. The van der Waals surface area contributed by atoms with Gasteiger partial charge in [0.1, 0.15) is 5.69 Å². The first kappa shape index (κ1) is 23.9. The molecule has 0 aliphatic rings. The summed E-state index contributed by atoms with van der Waals surface area (Å²) in [6.45, 7) is 1.61. The van der Waals surface area contributed by atoms with E-state index in [4.69, 9.17) is 0 Å². The first-order chi connectivity index (χ1) is 16.7. The first-order valence-electron chi connectivity index (χ1n) is 10.5. The van der Waals surface area contributed by atoms with Crippen molar-refractivity contribution in [2.45, 2.75) is 6.92 Å². The number of aromatic carboxylic acids is 1. The van der Waals surface area contributed by atoms with Gasteiger partial charge in [0.05, 0.1) is 22.9 Å². The Morgan fingerprint density at radius 1 is 0.800 bits per heavy atom. The van der Waals surface area contributed by atoms with Gasteiger partial charge in [-0.15, -0.1) is 0 Å². The highest BCUT2D eigenvalue weighted by Crippen LogP contribution is 2.26. The van der Waals surface area contributed by atoms with Crippen molar-refractivity contribution < 1.29 is 19.5 Å². The van der Waals surface area contributed by atoms with E-state index in [9.17, 15) is 24.3 Å².